The predicted molar refractivity (Wildman–Crippen MR) is 88.7 cm³/mol. The fourth-order valence-electron chi connectivity index (χ4n) is 2.67. The van der Waals surface area contributed by atoms with Crippen molar-refractivity contribution in [1.82, 2.24) is 0 Å². The summed E-state index contributed by atoms with van der Waals surface area (Å²) in [6, 6.07) is 0. The SMILES string of the molecule is CO[C@H]1O[C@H](CO[Si](C)(C)C(C)(C)C)[C@@H](O)[C@@H]2OC(C)(C)O[C@H]12. The maximum Gasteiger partial charge on any atom is 0.192 e. The lowest BCUT2D eigenvalue weighted by molar-refractivity contribution is -0.271. The summed E-state index contributed by atoms with van der Waals surface area (Å²) in [7, 11) is -0.347. The van der Waals surface area contributed by atoms with Crippen LogP contribution in [0, 0.1) is 0 Å². The maximum absolute atomic E-state index is 10.6. The third-order valence-electron chi connectivity index (χ3n) is 5.11. The molecule has 23 heavy (non-hydrogen) atoms. The van der Waals surface area contributed by atoms with Gasteiger partial charge in [-0.3, -0.25) is 0 Å². The standard InChI is InChI=1S/C16H32O6Si/c1-15(2,3)23(7,8)19-9-10-11(17)12-13(14(18-6)20-10)22-16(4,5)21-12/h10-14,17H,9H2,1-8H3/t10-,11-,12+,13+,14+/m1/s1. The molecule has 2 aliphatic heterocycles. The van der Waals surface area contributed by atoms with Crippen LogP contribution < -0.4 is 0 Å². The average molecular weight is 349 g/mol. The van der Waals surface area contributed by atoms with Gasteiger partial charge in [-0.2, -0.15) is 0 Å². The topological polar surface area (TPSA) is 66.4 Å². The summed E-state index contributed by atoms with van der Waals surface area (Å²) in [4.78, 5) is 0. The third-order valence-corrected chi connectivity index (χ3v) is 9.61. The van der Waals surface area contributed by atoms with Crippen LogP contribution in [0.1, 0.15) is 34.6 Å². The van der Waals surface area contributed by atoms with Gasteiger partial charge in [-0.05, 0) is 32.0 Å². The van der Waals surface area contributed by atoms with Crippen molar-refractivity contribution in [2.75, 3.05) is 13.7 Å². The molecule has 2 aliphatic rings. The van der Waals surface area contributed by atoms with Crippen LogP contribution >= 0.6 is 0 Å². The minimum absolute atomic E-state index is 0.102. The first-order chi connectivity index (χ1) is 10.4. The van der Waals surface area contributed by atoms with E-state index < -0.39 is 44.8 Å². The van der Waals surface area contributed by atoms with Crippen molar-refractivity contribution in [2.24, 2.45) is 0 Å². The zero-order chi connectivity index (χ0) is 17.6. The number of aliphatic hydroxyl groups excluding tert-OH is 1. The van der Waals surface area contributed by atoms with Gasteiger partial charge in [-0.25, -0.2) is 0 Å². The Balaban J connectivity index is 2.06. The second-order valence-electron chi connectivity index (χ2n) is 8.41. The van der Waals surface area contributed by atoms with Crippen LogP contribution in [0.15, 0.2) is 0 Å². The molecule has 0 aromatic heterocycles. The van der Waals surface area contributed by atoms with Gasteiger partial charge in [0.05, 0.1) is 6.61 Å². The number of aliphatic hydroxyl groups is 1. The van der Waals surface area contributed by atoms with Crippen molar-refractivity contribution in [3.63, 3.8) is 0 Å². The van der Waals surface area contributed by atoms with Crippen molar-refractivity contribution < 1.29 is 28.5 Å². The lowest BCUT2D eigenvalue weighted by atomic mass is 9.99. The van der Waals surface area contributed by atoms with Gasteiger partial charge in [0, 0.05) is 7.11 Å². The van der Waals surface area contributed by atoms with Gasteiger partial charge in [0.2, 0.25) is 0 Å². The van der Waals surface area contributed by atoms with Crippen LogP contribution in [0.2, 0.25) is 18.1 Å². The summed E-state index contributed by atoms with van der Waals surface area (Å²) >= 11 is 0. The van der Waals surface area contributed by atoms with E-state index in [1.807, 2.05) is 13.8 Å². The number of methoxy groups -OCH3 is 1. The maximum atomic E-state index is 10.6. The molecule has 6 nitrogen and oxygen atoms in total. The first kappa shape index (κ1) is 19.3. The molecule has 0 spiro atoms. The zero-order valence-corrected chi connectivity index (χ0v) is 16.6. The molecule has 2 fully saturated rings. The van der Waals surface area contributed by atoms with Crippen LogP contribution in [0.3, 0.4) is 0 Å². The van der Waals surface area contributed by atoms with E-state index in [2.05, 4.69) is 33.9 Å². The summed E-state index contributed by atoms with van der Waals surface area (Å²) in [5, 5.41) is 10.7. The third kappa shape index (κ3) is 3.97. The second-order valence-corrected chi connectivity index (χ2v) is 13.2. The van der Waals surface area contributed by atoms with Gasteiger partial charge in [-0.1, -0.05) is 20.8 Å². The van der Waals surface area contributed by atoms with Crippen molar-refractivity contribution in [3.05, 3.63) is 0 Å². The van der Waals surface area contributed by atoms with E-state index in [1.54, 1.807) is 7.11 Å². The highest BCUT2D eigenvalue weighted by Crippen LogP contribution is 2.40. The minimum Gasteiger partial charge on any atom is -0.414 e. The largest absolute Gasteiger partial charge is 0.414 e. The summed E-state index contributed by atoms with van der Waals surface area (Å²) in [5.74, 6) is -0.758. The number of rotatable bonds is 4. The molecule has 2 saturated heterocycles. The van der Waals surface area contributed by atoms with Crippen LogP contribution in [-0.2, 0) is 23.4 Å². The van der Waals surface area contributed by atoms with Gasteiger partial charge in [-0.15, -0.1) is 0 Å². The van der Waals surface area contributed by atoms with Gasteiger partial charge >= 0.3 is 0 Å². The molecule has 136 valence electrons. The number of ether oxygens (including phenoxy) is 4. The number of hydrogen-bond donors (Lipinski definition) is 1. The highest BCUT2D eigenvalue weighted by Gasteiger charge is 2.55. The van der Waals surface area contributed by atoms with E-state index >= 15 is 0 Å². The van der Waals surface area contributed by atoms with Gasteiger partial charge in [0.15, 0.2) is 20.4 Å². The number of fused-ring (bicyclic) bond motifs is 1. The van der Waals surface area contributed by atoms with Gasteiger partial charge in [0.25, 0.3) is 0 Å². The van der Waals surface area contributed by atoms with Crippen molar-refractivity contribution in [3.8, 4) is 0 Å². The van der Waals surface area contributed by atoms with E-state index in [1.165, 1.54) is 0 Å². The smallest absolute Gasteiger partial charge is 0.192 e. The van der Waals surface area contributed by atoms with Crippen LogP contribution in [-0.4, -0.2) is 63.6 Å². The van der Waals surface area contributed by atoms with E-state index in [-0.39, 0.29) is 5.04 Å². The Morgan fingerprint density at radius 1 is 1.13 bits per heavy atom. The Hall–Kier alpha value is -0.0231. The molecular weight excluding hydrogens is 316 g/mol. The molecule has 0 radical (unpaired) electrons. The molecule has 5 atom stereocenters. The molecule has 0 bridgehead atoms. The van der Waals surface area contributed by atoms with Crippen molar-refractivity contribution in [2.45, 2.75) is 89.2 Å². The summed E-state index contributed by atoms with van der Waals surface area (Å²) < 4.78 is 29.1. The van der Waals surface area contributed by atoms with Crippen molar-refractivity contribution in [1.29, 1.82) is 0 Å². The lowest BCUT2D eigenvalue weighted by Crippen LogP contribution is -2.58. The molecule has 2 rings (SSSR count). The molecule has 0 saturated carbocycles. The van der Waals surface area contributed by atoms with E-state index in [0.29, 0.717) is 6.61 Å². The fourth-order valence-corrected chi connectivity index (χ4v) is 3.68. The normalized spacial score (nSPS) is 37.7. The minimum atomic E-state index is -1.92. The second kappa shape index (κ2) is 6.37. The average Bonchev–Trinajstić information content (AvgIpc) is 2.73. The summed E-state index contributed by atoms with van der Waals surface area (Å²) in [6.07, 6.45) is -2.78. The fraction of sp³-hybridized carbons (Fsp3) is 1.00. The molecule has 0 amide bonds. The molecule has 0 unspecified atom stereocenters. The predicted octanol–water partition coefficient (Wildman–Crippen LogP) is 2.26. The summed E-state index contributed by atoms with van der Waals surface area (Å²) in [5.41, 5.74) is 0. The Bertz CT molecular complexity index is 419. The number of hydrogen-bond acceptors (Lipinski definition) is 6. The molecule has 0 aromatic rings. The first-order valence-corrected chi connectivity index (χ1v) is 11.1. The molecular formula is C16H32O6Si. The van der Waals surface area contributed by atoms with Gasteiger partial charge in [0.1, 0.15) is 24.4 Å². The molecule has 7 heteroatoms. The van der Waals surface area contributed by atoms with Crippen LogP contribution in [0.5, 0.6) is 0 Å². The molecule has 2 heterocycles. The first-order valence-electron chi connectivity index (χ1n) is 8.24. The van der Waals surface area contributed by atoms with E-state index in [4.69, 9.17) is 23.4 Å². The highest BCUT2D eigenvalue weighted by atomic mass is 28.4. The molecule has 1 N–H and O–H groups in total. The van der Waals surface area contributed by atoms with E-state index in [0.717, 1.165) is 0 Å². The summed E-state index contributed by atoms with van der Waals surface area (Å²) in [6.45, 7) is 14.9. The Kier molecular flexibility index (Phi) is 5.34. The molecule has 0 aliphatic carbocycles. The Morgan fingerprint density at radius 3 is 2.22 bits per heavy atom. The van der Waals surface area contributed by atoms with Gasteiger partial charge < -0.3 is 28.5 Å². The molecule has 0 aromatic carbocycles. The zero-order valence-electron chi connectivity index (χ0n) is 15.6. The Labute approximate surface area is 140 Å². The Morgan fingerprint density at radius 2 is 1.70 bits per heavy atom. The monoisotopic (exact) mass is 348 g/mol. The highest BCUT2D eigenvalue weighted by molar-refractivity contribution is 6.74. The lowest BCUT2D eigenvalue weighted by Gasteiger charge is -2.42. The quantitative estimate of drug-likeness (QED) is 0.786. The van der Waals surface area contributed by atoms with E-state index in [9.17, 15) is 5.11 Å². The van der Waals surface area contributed by atoms with Crippen LogP contribution in [0.4, 0.5) is 0 Å². The van der Waals surface area contributed by atoms with Crippen molar-refractivity contribution >= 4 is 8.32 Å². The van der Waals surface area contributed by atoms with Crippen LogP contribution in [0.25, 0.3) is 0 Å².